The van der Waals surface area contributed by atoms with E-state index in [4.69, 9.17) is 0 Å². The Kier molecular flexibility index (Phi) is 4.90. The topological polar surface area (TPSA) is 34.1 Å². The number of allylic oxidation sites excluding steroid dienone is 2. The van der Waals surface area contributed by atoms with Crippen LogP contribution in [0.1, 0.15) is 58.4 Å². The first-order valence-electron chi connectivity index (χ1n) is 12.1. The van der Waals surface area contributed by atoms with Gasteiger partial charge in [-0.1, -0.05) is 91.0 Å². The summed E-state index contributed by atoms with van der Waals surface area (Å²) in [6, 6.07) is 29.6. The van der Waals surface area contributed by atoms with Gasteiger partial charge in [0.2, 0.25) is 0 Å². The molecule has 2 heteroatoms. The lowest BCUT2D eigenvalue weighted by molar-refractivity contribution is 0.0383. The third-order valence-electron chi connectivity index (χ3n) is 8.27. The number of hydrogen-bond donors (Lipinski definition) is 0. The average Bonchev–Trinajstić information content (AvgIpc) is 2.87. The van der Waals surface area contributed by atoms with Crippen molar-refractivity contribution in [1.29, 1.82) is 0 Å². The third-order valence-corrected chi connectivity index (χ3v) is 8.27. The Hall–Kier alpha value is -3.26. The highest BCUT2D eigenvalue weighted by Gasteiger charge is 2.55. The number of Topliss-reactive ketones (excluding diaryl/α,β-unsaturated/α-hetero) is 2. The van der Waals surface area contributed by atoms with Gasteiger partial charge in [0.15, 0.2) is 11.6 Å². The van der Waals surface area contributed by atoms with Gasteiger partial charge in [-0.05, 0) is 66.4 Å². The Morgan fingerprint density at radius 1 is 0.606 bits per heavy atom. The smallest absolute Gasteiger partial charge is 0.196 e. The molecule has 0 aliphatic heterocycles. The molecule has 164 valence electrons. The van der Waals surface area contributed by atoms with Crippen molar-refractivity contribution in [1.82, 2.24) is 0 Å². The van der Waals surface area contributed by atoms with Gasteiger partial charge >= 0.3 is 0 Å². The molecule has 7 rings (SSSR count). The average molecular weight is 433 g/mol. The Labute approximate surface area is 195 Å². The molecule has 0 N–H and O–H groups in total. The summed E-state index contributed by atoms with van der Waals surface area (Å²) in [5.74, 6) is 1.09. The number of carbonyl (C=O) groups excluding carboxylic acids is 2. The second-order valence-corrected chi connectivity index (χ2v) is 10.2. The Morgan fingerprint density at radius 2 is 1.06 bits per heavy atom. The molecule has 4 bridgehead atoms. The van der Waals surface area contributed by atoms with Crippen molar-refractivity contribution in [2.24, 2.45) is 17.8 Å². The molecule has 3 aromatic rings. The molecular weight excluding hydrogens is 404 g/mol. The molecule has 2 nitrogen and oxygen atoms in total. The molecule has 0 radical (unpaired) electrons. The fourth-order valence-electron chi connectivity index (χ4n) is 7.17. The zero-order valence-electron chi connectivity index (χ0n) is 18.7. The Morgan fingerprint density at radius 3 is 1.55 bits per heavy atom. The first-order valence-corrected chi connectivity index (χ1v) is 12.1. The van der Waals surface area contributed by atoms with Crippen LogP contribution in [0.3, 0.4) is 0 Å². The van der Waals surface area contributed by atoms with E-state index < -0.39 is 0 Å². The van der Waals surface area contributed by atoms with Crippen LogP contribution in [-0.2, 0) is 5.41 Å². The lowest BCUT2D eigenvalue weighted by atomic mass is 9.46. The van der Waals surface area contributed by atoms with Crippen molar-refractivity contribution in [2.75, 3.05) is 0 Å². The molecule has 4 saturated carbocycles. The molecule has 0 aromatic heterocycles. The van der Waals surface area contributed by atoms with Crippen LogP contribution in [0.4, 0.5) is 0 Å². The molecule has 0 amide bonds. The van der Waals surface area contributed by atoms with E-state index in [2.05, 4.69) is 30.3 Å². The maximum absolute atomic E-state index is 13.9. The minimum Gasteiger partial charge on any atom is -0.288 e. The van der Waals surface area contributed by atoms with Crippen molar-refractivity contribution in [3.05, 3.63) is 119 Å². The number of ketones is 2. The molecule has 0 saturated heterocycles. The highest BCUT2D eigenvalue weighted by Crippen LogP contribution is 2.63. The van der Waals surface area contributed by atoms with E-state index in [1.165, 1.54) is 12.0 Å². The van der Waals surface area contributed by atoms with E-state index in [0.717, 1.165) is 31.3 Å². The summed E-state index contributed by atoms with van der Waals surface area (Å²) in [5.41, 5.74) is 4.45. The number of rotatable bonds is 5. The van der Waals surface area contributed by atoms with Gasteiger partial charge in [0.1, 0.15) is 0 Å². The minimum atomic E-state index is -0.110. The fourth-order valence-corrected chi connectivity index (χ4v) is 7.17. The fraction of sp³-hybridized carbons (Fsp3) is 0.290. The van der Waals surface area contributed by atoms with Crippen molar-refractivity contribution in [2.45, 2.75) is 37.5 Å². The van der Waals surface area contributed by atoms with E-state index >= 15 is 0 Å². The molecule has 4 aliphatic rings. The first kappa shape index (κ1) is 20.4. The zero-order chi connectivity index (χ0) is 22.4. The molecule has 4 aliphatic carbocycles. The van der Waals surface area contributed by atoms with E-state index in [1.807, 2.05) is 60.7 Å². The largest absolute Gasteiger partial charge is 0.288 e. The monoisotopic (exact) mass is 432 g/mol. The van der Waals surface area contributed by atoms with Crippen LogP contribution in [0.15, 0.2) is 102 Å². The van der Waals surface area contributed by atoms with Crippen molar-refractivity contribution >= 4 is 11.6 Å². The zero-order valence-corrected chi connectivity index (χ0v) is 18.7. The lowest BCUT2D eigenvalue weighted by Gasteiger charge is -2.58. The predicted octanol–water partition coefficient (Wildman–Crippen LogP) is 6.83. The first-order chi connectivity index (χ1) is 16.1. The van der Waals surface area contributed by atoms with Gasteiger partial charge in [0, 0.05) is 11.1 Å². The lowest BCUT2D eigenvalue weighted by Crippen LogP contribution is -2.50. The summed E-state index contributed by atoms with van der Waals surface area (Å²) in [7, 11) is 0. The summed E-state index contributed by atoms with van der Waals surface area (Å²) in [6.45, 7) is 0. The number of benzene rings is 3. The maximum Gasteiger partial charge on any atom is 0.196 e. The van der Waals surface area contributed by atoms with Gasteiger partial charge in [0.05, 0.1) is 5.57 Å². The Bertz CT molecular complexity index is 1150. The molecule has 4 atom stereocenters. The van der Waals surface area contributed by atoms with Crippen LogP contribution in [0.2, 0.25) is 0 Å². The van der Waals surface area contributed by atoms with Crippen LogP contribution in [-0.4, -0.2) is 11.6 Å². The normalized spacial score (nSPS) is 27.4. The standard InChI is InChI=1S/C31H28O2/c32-29(22-10-4-1-5-11-22)28(30(33)23-12-6-2-7-13-23)27-24-16-21-17-25(27)20-31(18-21,19-24)26-14-8-3-9-15-26/h1-15,21,24-25H,16-20H2/t21?,24-,25+,31?. The third kappa shape index (κ3) is 3.40. The van der Waals surface area contributed by atoms with Gasteiger partial charge in [-0.3, -0.25) is 9.59 Å². The summed E-state index contributed by atoms with van der Waals surface area (Å²) < 4.78 is 0. The van der Waals surface area contributed by atoms with Gasteiger partial charge in [-0.25, -0.2) is 0 Å². The number of hydrogen-bond acceptors (Lipinski definition) is 2. The Balaban J connectivity index is 1.48. The van der Waals surface area contributed by atoms with Crippen LogP contribution in [0.5, 0.6) is 0 Å². The van der Waals surface area contributed by atoms with E-state index in [9.17, 15) is 9.59 Å². The van der Waals surface area contributed by atoms with Gasteiger partial charge in [-0.2, -0.15) is 0 Å². The van der Waals surface area contributed by atoms with E-state index in [-0.39, 0.29) is 17.0 Å². The molecule has 0 spiro atoms. The maximum atomic E-state index is 13.9. The predicted molar refractivity (Wildman–Crippen MR) is 130 cm³/mol. The summed E-state index contributed by atoms with van der Waals surface area (Å²) in [4.78, 5) is 27.7. The van der Waals surface area contributed by atoms with Crippen molar-refractivity contribution in [3.8, 4) is 0 Å². The number of carbonyl (C=O) groups is 2. The molecule has 4 fully saturated rings. The molecule has 2 unspecified atom stereocenters. The quantitative estimate of drug-likeness (QED) is 0.192. The highest BCUT2D eigenvalue weighted by molar-refractivity contribution is 6.31. The van der Waals surface area contributed by atoms with E-state index in [0.29, 0.717) is 34.5 Å². The molecule has 3 aromatic carbocycles. The molecular formula is C31H28O2. The van der Waals surface area contributed by atoms with Crippen LogP contribution < -0.4 is 0 Å². The van der Waals surface area contributed by atoms with Crippen LogP contribution in [0, 0.1) is 17.8 Å². The highest BCUT2D eigenvalue weighted by atomic mass is 16.1. The minimum absolute atomic E-state index is 0.110. The second-order valence-electron chi connectivity index (χ2n) is 10.2. The van der Waals surface area contributed by atoms with Crippen molar-refractivity contribution in [3.63, 3.8) is 0 Å². The second kappa shape index (κ2) is 7.95. The van der Waals surface area contributed by atoms with Crippen LogP contribution in [0.25, 0.3) is 0 Å². The molecule has 33 heavy (non-hydrogen) atoms. The van der Waals surface area contributed by atoms with Gasteiger partial charge in [-0.15, -0.1) is 0 Å². The van der Waals surface area contributed by atoms with Crippen molar-refractivity contribution < 1.29 is 9.59 Å². The molecule has 0 heterocycles. The SMILES string of the molecule is O=C(C(C(=O)c1ccccc1)=C1[C@@H]2CC3C[C@H]1CC(c1ccccc1)(C3)C2)c1ccccc1. The summed E-state index contributed by atoms with van der Waals surface area (Å²) in [5, 5.41) is 0. The van der Waals surface area contributed by atoms with Crippen LogP contribution >= 0.6 is 0 Å². The van der Waals surface area contributed by atoms with E-state index in [1.54, 1.807) is 0 Å². The summed E-state index contributed by atoms with van der Waals surface area (Å²) >= 11 is 0. The van der Waals surface area contributed by atoms with Gasteiger partial charge < -0.3 is 0 Å². The summed E-state index contributed by atoms with van der Waals surface area (Å²) in [6.07, 6.45) is 5.55. The van der Waals surface area contributed by atoms with Gasteiger partial charge in [0.25, 0.3) is 0 Å².